The lowest BCUT2D eigenvalue weighted by atomic mass is 9.84. The largest absolute Gasteiger partial charge is 0.425 e. The van der Waals surface area contributed by atoms with Crippen molar-refractivity contribution in [2.45, 2.75) is 25.8 Å². The lowest BCUT2D eigenvalue weighted by Crippen LogP contribution is -2.57. The van der Waals surface area contributed by atoms with Crippen molar-refractivity contribution in [3.05, 3.63) is 36.4 Å². The molecule has 2 amide bonds. The van der Waals surface area contributed by atoms with Crippen molar-refractivity contribution >= 4 is 17.7 Å². The maximum absolute atomic E-state index is 12.2. The number of ether oxygens (including phenoxy) is 1. The molecular weight excluding hydrogens is 346 g/mol. The number of piperidine rings is 3. The van der Waals surface area contributed by atoms with E-state index >= 15 is 0 Å². The van der Waals surface area contributed by atoms with E-state index in [0.717, 1.165) is 38.0 Å². The third kappa shape index (κ3) is 4.14. The van der Waals surface area contributed by atoms with E-state index in [1.807, 2.05) is 12.1 Å². The number of nitrogens with one attached hydrogen (secondary N) is 2. The third-order valence-electron chi connectivity index (χ3n) is 5.20. The summed E-state index contributed by atoms with van der Waals surface area (Å²) in [7, 11) is 0. The summed E-state index contributed by atoms with van der Waals surface area (Å²) in [4.78, 5) is 25.8. The first-order valence-electron chi connectivity index (χ1n) is 9.25. The van der Waals surface area contributed by atoms with Gasteiger partial charge in [0.2, 0.25) is 5.91 Å². The van der Waals surface area contributed by atoms with Crippen LogP contribution in [0.2, 0.25) is 0 Å². The SMILES string of the molecule is CC(=O)Nc1cccc(-c2ccc(OC(=O)N[C@H]3CN4CCC3CC4)o2)c1. The Hall–Kier alpha value is -2.80. The minimum absolute atomic E-state index is 0.139. The average Bonchev–Trinajstić information content (AvgIpc) is 3.11. The van der Waals surface area contributed by atoms with Gasteiger partial charge in [-0.05, 0) is 50.0 Å². The predicted octanol–water partition coefficient (Wildman–Crippen LogP) is 3.09. The maximum Gasteiger partial charge on any atom is 0.415 e. The molecule has 7 heteroatoms. The number of benzene rings is 1. The Bertz CT molecular complexity index is 839. The van der Waals surface area contributed by atoms with Gasteiger partial charge in [0.05, 0.1) is 0 Å². The Kier molecular flexibility index (Phi) is 4.85. The number of rotatable bonds is 4. The third-order valence-corrected chi connectivity index (χ3v) is 5.20. The van der Waals surface area contributed by atoms with Crippen molar-refractivity contribution in [3.63, 3.8) is 0 Å². The van der Waals surface area contributed by atoms with Crippen LogP contribution in [-0.4, -0.2) is 42.6 Å². The molecule has 4 heterocycles. The number of anilines is 1. The fourth-order valence-corrected chi connectivity index (χ4v) is 3.88. The molecular formula is C20H23N3O4. The summed E-state index contributed by atoms with van der Waals surface area (Å²) < 4.78 is 11.0. The molecule has 1 atom stereocenters. The highest BCUT2D eigenvalue weighted by Gasteiger charge is 2.35. The van der Waals surface area contributed by atoms with Crippen molar-refractivity contribution < 1.29 is 18.7 Å². The van der Waals surface area contributed by atoms with E-state index in [1.54, 1.807) is 24.3 Å². The molecule has 0 unspecified atom stereocenters. The topological polar surface area (TPSA) is 83.8 Å². The molecule has 7 nitrogen and oxygen atoms in total. The van der Waals surface area contributed by atoms with Crippen LogP contribution in [0.15, 0.2) is 40.8 Å². The van der Waals surface area contributed by atoms with Crippen molar-refractivity contribution in [2.75, 3.05) is 25.0 Å². The Morgan fingerprint density at radius 1 is 1.19 bits per heavy atom. The van der Waals surface area contributed by atoms with Gasteiger partial charge in [0.1, 0.15) is 5.76 Å². The summed E-state index contributed by atoms with van der Waals surface area (Å²) in [6, 6.07) is 10.8. The molecule has 0 saturated carbocycles. The van der Waals surface area contributed by atoms with Gasteiger partial charge in [0, 0.05) is 36.8 Å². The Morgan fingerprint density at radius 2 is 2.00 bits per heavy atom. The number of fused-ring (bicyclic) bond motifs is 3. The number of nitrogens with zero attached hydrogens (tertiary/aromatic N) is 1. The quantitative estimate of drug-likeness (QED) is 0.865. The van der Waals surface area contributed by atoms with Crippen LogP contribution < -0.4 is 15.4 Å². The summed E-state index contributed by atoms with van der Waals surface area (Å²) in [6.45, 7) is 4.59. The van der Waals surface area contributed by atoms with Crippen LogP contribution in [0.1, 0.15) is 19.8 Å². The van der Waals surface area contributed by atoms with Gasteiger partial charge >= 0.3 is 6.09 Å². The van der Waals surface area contributed by atoms with Crippen LogP contribution in [0.25, 0.3) is 11.3 Å². The number of furan rings is 1. The molecule has 27 heavy (non-hydrogen) atoms. The Morgan fingerprint density at radius 3 is 2.70 bits per heavy atom. The molecule has 5 rings (SSSR count). The zero-order valence-electron chi connectivity index (χ0n) is 15.2. The second-order valence-electron chi connectivity index (χ2n) is 7.16. The van der Waals surface area contributed by atoms with Gasteiger partial charge in [-0.3, -0.25) is 4.79 Å². The van der Waals surface area contributed by atoms with Crippen molar-refractivity contribution in [2.24, 2.45) is 5.92 Å². The zero-order valence-corrected chi connectivity index (χ0v) is 15.2. The summed E-state index contributed by atoms with van der Waals surface area (Å²) in [5.74, 6) is 1.10. The van der Waals surface area contributed by atoms with Gasteiger partial charge in [0.25, 0.3) is 5.95 Å². The minimum atomic E-state index is -0.485. The molecule has 0 spiro atoms. The molecule has 142 valence electrons. The first-order valence-corrected chi connectivity index (χ1v) is 9.25. The molecule has 2 N–H and O–H groups in total. The second kappa shape index (κ2) is 7.44. The van der Waals surface area contributed by atoms with Gasteiger partial charge in [-0.25, -0.2) is 4.79 Å². The van der Waals surface area contributed by atoms with E-state index in [4.69, 9.17) is 9.15 Å². The molecule has 3 aliphatic rings. The first kappa shape index (κ1) is 17.6. The fraction of sp³-hybridized carbons (Fsp3) is 0.400. The van der Waals surface area contributed by atoms with Crippen LogP contribution in [0, 0.1) is 5.92 Å². The Labute approximate surface area is 157 Å². The molecule has 0 aliphatic carbocycles. The van der Waals surface area contributed by atoms with Gasteiger partial charge in [0.15, 0.2) is 0 Å². The first-order chi connectivity index (χ1) is 13.1. The summed E-state index contributed by atoms with van der Waals surface area (Å²) in [5, 5.41) is 5.70. The van der Waals surface area contributed by atoms with Crippen LogP contribution in [0.3, 0.4) is 0 Å². The molecule has 2 bridgehead atoms. The number of carbonyl (C=O) groups excluding carboxylic acids is 2. The standard InChI is InChI=1S/C20H23N3O4/c1-13(24)21-16-4-2-3-15(11-16)18-5-6-19(26-18)27-20(25)22-17-12-23-9-7-14(17)8-10-23/h2-6,11,14,17H,7-10,12H2,1H3,(H,21,24)(H,22,25)/t17-/m0/s1. The minimum Gasteiger partial charge on any atom is -0.425 e. The highest BCUT2D eigenvalue weighted by atomic mass is 16.6. The van der Waals surface area contributed by atoms with Crippen molar-refractivity contribution in [1.82, 2.24) is 10.2 Å². The maximum atomic E-state index is 12.2. The number of amides is 2. The number of carbonyl (C=O) groups is 2. The number of hydrogen-bond acceptors (Lipinski definition) is 5. The predicted molar refractivity (Wildman–Crippen MR) is 101 cm³/mol. The highest BCUT2D eigenvalue weighted by Crippen LogP contribution is 2.29. The normalized spacial score (nSPS) is 23.7. The van der Waals surface area contributed by atoms with E-state index in [9.17, 15) is 9.59 Å². The van der Waals surface area contributed by atoms with E-state index < -0.39 is 6.09 Å². The molecule has 3 saturated heterocycles. The monoisotopic (exact) mass is 369 g/mol. The zero-order chi connectivity index (χ0) is 18.8. The lowest BCUT2D eigenvalue weighted by Gasteiger charge is -2.44. The average molecular weight is 369 g/mol. The van der Waals surface area contributed by atoms with Gasteiger partial charge < -0.3 is 24.7 Å². The molecule has 3 fully saturated rings. The van der Waals surface area contributed by atoms with Gasteiger partial charge in [-0.1, -0.05) is 12.1 Å². The van der Waals surface area contributed by atoms with Gasteiger partial charge in [-0.15, -0.1) is 0 Å². The summed E-state index contributed by atoms with van der Waals surface area (Å²) in [5.41, 5.74) is 1.47. The van der Waals surface area contributed by atoms with Crippen LogP contribution in [-0.2, 0) is 4.79 Å². The van der Waals surface area contributed by atoms with E-state index in [2.05, 4.69) is 15.5 Å². The summed E-state index contributed by atoms with van der Waals surface area (Å²) >= 11 is 0. The second-order valence-corrected chi connectivity index (χ2v) is 7.16. The van der Waals surface area contributed by atoms with Crippen LogP contribution >= 0.6 is 0 Å². The van der Waals surface area contributed by atoms with Crippen LogP contribution in [0.4, 0.5) is 10.5 Å². The van der Waals surface area contributed by atoms with Crippen molar-refractivity contribution in [3.8, 4) is 17.3 Å². The molecule has 1 aromatic carbocycles. The highest BCUT2D eigenvalue weighted by molar-refractivity contribution is 5.89. The molecule has 3 aliphatic heterocycles. The van der Waals surface area contributed by atoms with Gasteiger partial charge in [-0.2, -0.15) is 0 Å². The van der Waals surface area contributed by atoms with Crippen LogP contribution in [0.5, 0.6) is 5.95 Å². The Balaban J connectivity index is 1.38. The van der Waals surface area contributed by atoms with E-state index in [0.29, 0.717) is 17.4 Å². The van der Waals surface area contributed by atoms with Crippen molar-refractivity contribution in [1.29, 1.82) is 0 Å². The molecule has 2 aromatic rings. The number of hydrogen-bond donors (Lipinski definition) is 2. The fourth-order valence-electron chi connectivity index (χ4n) is 3.88. The molecule has 1 aromatic heterocycles. The lowest BCUT2D eigenvalue weighted by molar-refractivity contribution is -0.114. The van der Waals surface area contributed by atoms with E-state index in [-0.39, 0.29) is 17.9 Å². The summed E-state index contributed by atoms with van der Waals surface area (Å²) in [6.07, 6.45) is 1.77. The van der Waals surface area contributed by atoms with E-state index in [1.165, 1.54) is 6.92 Å². The smallest absolute Gasteiger partial charge is 0.415 e. The molecule has 0 radical (unpaired) electrons.